The zero-order valence-corrected chi connectivity index (χ0v) is 11.5. The molecule has 0 amide bonds. The van der Waals surface area contributed by atoms with Gasteiger partial charge in [0, 0.05) is 23.9 Å². The summed E-state index contributed by atoms with van der Waals surface area (Å²) < 4.78 is 6.71. The first-order chi connectivity index (χ1) is 9.38. The molecule has 0 saturated carbocycles. The molecule has 2 aromatic heterocycles. The number of nitrogens with zero attached hydrogens (tertiary/aromatic N) is 3. The highest BCUT2D eigenvalue weighted by Crippen LogP contribution is 2.11. The van der Waals surface area contributed by atoms with Gasteiger partial charge in [-0.15, -0.1) is 0 Å². The molecule has 106 valence electrons. The Kier molecular flexibility index (Phi) is 3.69. The van der Waals surface area contributed by atoms with E-state index in [4.69, 9.17) is 9.63 Å². The second-order valence-electron chi connectivity index (χ2n) is 4.83. The average Bonchev–Trinajstić information content (AvgIpc) is 2.80. The van der Waals surface area contributed by atoms with E-state index in [1.807, 2.05) is 13.8 Å². The number of aromatic nitrogens is 3. The van der Waals surface area contributed by atoms with Crippen molar-refractivity contribution in [2.45, 2.75) is 33.2 Å². The van der Waals surface area contributed by atoms with Crippen molar-refractivity contribution >= 4 is 5.97 Å². The fraction of sp³-hybridized carbons (Fsp3) is 0.385. The van der Waals surface area contributed by atoms with E-state index in [0.717, 1.165) is 0 Å². The van der Waals surface area contributed by atoms with Crippen molar-refractivity contribution in [2.75, 3.05) is 0 Å². The normalized spacial score (nSPS) is 11.0. The third-order valence-corrected chi connectivity index (χ3v) is 2.88. The van der Waals surface area contributed by atoms with Crippen LogP contribution in [0.2, 0.25) is 0 Å². The maximum atomic E-state index is 11.5. The van der Waals surface area contributed by atoms with Gasteiger partial charge in [0.25, 0.3) is 0 Å². The van der Waals surface area contributed by atoms with Crippen LogP contribution in [-0.4, -0.2) is 25.8 Å². The molecule has 0 aliphatic carbocycles. The summed E-state index contributed by atoms with van der Waals surface area (Å²) in [5, 5.41) is 12.8. The predicted molar refractivity (Wildman–Crippen MR) is 69.9 cm³/mol. The van der Waals surface area contributed by atoms with Crippen molar-refractivity contribution in [2.24, 2.45) is 0 Å². The monoisotopic (exact) mass is 277 g/mol. The molecule has 20 heavy (non-hydrogen) atoms. The van der Waals surface area contributed by atoms with Gasteiger partial charge < -0.3 is 14.2 Å². The van der Waals surface area contributed by atoms with Crippen LogP contribution in [0.25, 0.3) is 0 Å². The van der Waals surface area contributed by atoms with Crippen molar-refractivity contribution in [3.8, 4) is 0 Å². The lowest BCUT2D eigenvalue weighted by atomic mass is 10.2. The minimum Gasteiger partial charge on any atom is -0.477 e. The number of aryl methyl sites for hydroxylation is 1. The van der Waals surface area contributed by atoms with Crippen LogP contribution in [0, 0.1) is 6.92 Å². The number of aromatic carboxylic acids is 1. The lowest BCUT2D eigenvalue weighted by Crippen LogP contribution is -2.19. The van der Waals surface area contributed by atoms with Crippen LogP contribution in [0.4, 0.5) is 0 Å². The SMILES string of the molecule is Cc1cc(=O)c(C(=O)O)cn1Cc1nc(C(C)C)no1. The van der Waals surface area contributed by atoms with Crippen molar-refractivity contribution in [1.82, 2.24) is 14.7 Å². The van der Waals surface area contributed by atoms with Crippen LogP contribution >= 0.6 is 0 Å². The summed E-state index contributed by atoms with van der Waals surface area (Å²) in [6, 6.07) is 1.28. The fourth-order valence-electron chi connectivity index (χ4n) is 1.72. The largest absolute Gasteiger partial charge is 0.477 e. The molecule has 0 atom stereocenters. The maximum Gasteiger partial charge on any atom is 0.341 e. The van der Waals surface area contributed by atoms with E-state index >= 15 is 0 Å². The lowest BCUT2D eigenvalue weighted by Gasteiger charge is -2.08. The molecule has 0 spiro atoms. The average molecular weight is 277 g/mol. The maximum absolute atomic E-state index is 11.5. The summed E-state index contributed by atoms with van der Waals surface area (Å²) in [5.74, 6) is -0.136. The van der Waals surface area contributed by atoms with Crippen molar-refractivity contribution in [3.63, 3.8) is 0 Å². The Morgan fingerprint density at radius 3 is 2.75 bits per heavy atom. The van der Waals surface area contributed by atoms with Gasteiger partial charge in [-0.3, -0.25) is 4.79 Å². The minimum absolute atomic E-state index is 0.150. The Balaban J connectivity index is 2.35. The molecule has 7 nitrogen and oxygen atoms in total. The van der Waals surface area contributed by atoms with Gasteiger partial charge in [-0.1, -0.05) is 19.0 Å². The van der Waals surface area contributed by atoms with Gasteiger partial charge in [-0.2, -0.15) is 4.98 Å². The van der Waals surface area contributed by atoms with Crippen LogP contribution in [0.3, 0.4) is 0 Å². The van der Waals surface area contributed by atoms with E-state index in [2.05, 4.69) is 10.1 Å². The summed E-state index contributed by atoms with van der Waals surface area (Å²) in [6.07, 6.45) is 1.29. The number of rotatable bonds is 4. The van der Waals surface area contributed by atoms with Gasteiger partial charge in [-0.05, 0) is 6.92 Å². The molecule has 0 saturated heterocycles. The molecule has 0 aromatic carbocycles. The molecule has 7 heteroatoms. The first-order valence-corrected chi connectivity index (χ1v) is 6.15. The first kappa shape index (κ1) is 14.0. The van der Waals surface area contributed by atoms with Gasteiger partial charge in [0.15, 0.2) is 11.3 Å². The lowest BCUT2D eigenvalue weighted by molar-refractivity contribution is 0.0694. The molecule has 2 aromatic rings. The summed E-state index contributed by atoms with van der Waals surface area (Å²) >= 11 is 0. The Bertz CT molecular complexity index is 700. The standard InChI is InChI=1S/C13H15N3O4/c1-7(2)12-14-11(20-15-12)6-16-5-9(13(18)19)10(17)4-8(16)3/h4-5,7H,6H2,1-3H3,(H,18,19). The smallest absolute Gasteiger partial charge is 0.341 e. The Morgan fingerprint density at radius 1 is 1.50 bits per heavy atom. The molecular weight excluding hydrogens is 262 g/mol. The van der Waals surface area contributed by atoms with E-state index < -0.39 is 11.4 Å². The highest BCUT2D eigenvalue weighted by molar-refractivity contribution is 5.87. The summed E-state index contributed by atoms with van der Waals surface area (Å²) in [4.78, 5) is 26.7. The highest BCUT2D eigenvalue weighted by Gasteiger charge is 2.14. The van der Waals surface area contributed by atoms with Crippen LogP contribution in [-0.2, 0) is 6.54 Å². The van der Waals surface area contributed by atoms with Crippen molar-refractivity contribution in [3.05, 3.63) is 45.5 Å². The molecule has 0 aliphatic rings. The number of carboxylic acid groups (broad SMARTS) is 1. The molecule has 1 N–H and O–H groups in total. The summed E-state index contributed by atoms with van der Waals surface area (Å²) in [7, 11) is 0. The fourth-order valence-corrected chi connectivity index (χ4v) is 1.72. The van der Waals surface area contributed by atoms with Crippen LogP contribution in [0.5, 0.6) is 0 Å². The Morgan fingerprint density at radius 2 is 2.20 bits per heavy atom. The zero-order chi connectivity index (χ0) is 14.9. The molecule has 0 unspecified atom stereocenters. The molecule has 0 fully saturated rings. The predicted octanol–water partition coefficient (Wildman–Crippen LogP) is 1.41. The third-order valence-electron chi connectivity index (χ3n) is 2.88. The van der Waals surface area contributed by atoms with E-state index in [0.29, 0.717) is 17.4 Å². The Hall–Kier alpha value is -2.44. The summed E-state index contributed by atoms with van der Waals surface area (Å²) in [6.45, 7) is 5.84. The van der Waals surface area contributed by atoms with Gasteiger partial charge in [0.2, 0.25) is 5.89 Å². The summed E-state index contributed by atoms with van der Waals surface area (Å²) in [5.41, 5.74) is -0.164. The molecule has 0 radical (unpaired) electrons. The molecule has 2 rings (SSSR count). The first-order valence-electron chi connectivity index (χ1n) is 6.15. The molecule has 0 bridgehead atoms. The zero-order valence-electron chi connectivity index (χ0n) is 11.5. The van der Waals surface area contributed by atoms with Gasteiger partial charge in [0.05, 0.1) is 0 Å². The van der Waals surface area contributed by atoms with Gasteiger partial charge >= 0.3 is 5.97 Å². The second kappa shape index (κ2) is 5.28. The van der Waals surface area contributed by atoms with E-state index in [9.17, 15) is 9.59 Å². The number of hydrogen-bond donors (Lipinski definition) is 1. The number of carbonyl (C=O) groups is 1. The van der Waals surface area contributed by atoms with E-state index in [1.54, 1.807) is 11.5 Å². The van der Waals surface area contributed by atoms with Crippen LogP contribution in [0.15, 0.2) is 21.6 Å². The minimum atomic E-state index is -1.25. The topological polar surface area (TPSA) is 98.2 Å². The molecule has 0 aliphatic heterocycles. The van der Waals surface area contributed by atoms with E-state index in [1.165, 1.54) is 12.3 Å². The van der Waals surface area contributed by atoms with Gasteiger partial charge in [-0.25, -0.2) is 4.79 Å². The highest BCUT2D eigenvalue weighted by atomic mass is 16.5. The van der Waals surface area contributed by atoms with Crippen molar-refractivity contribution < 1.29 is 14.4 Å². The van der Waals surface area contributed by atoms with Crippen LogP contribution < -0.4 is 5.43 Å². The second-order valence-corrected chi connectivity index (χ2v) is 4.83. The third kappa shape index (κ3) is 2.76. The number of carboxylic acids is 1. The molecule has 2 heterocycles. The quantitative estimate of drug-likeness (QED) is 0.907. The number of pyridine rings is 1. The van der Waals surface area contributed by atoms with Crippen LogP contribution in [0.1, 0.15) is 47.5 Å². The van der Waals surface area contributed by atoms with E-state index in [-0.39, 0.29) is 18.0 Å². The molecular formula is C13H15N3O4. The van der Waals surface area contributed by atoms with Gasteiger partial charge in [0.1, 0.15) is 12.1 Å². The Labute approximate surface area is 114 Å². The van der Waals surface area contributed by atoms with Crippen molar-refractivity contribution in [1.29, 1.82) is 0 Å². The number of hydrogen-bond acceptors (Lipinski definition) is 5.